The summed E-state index contributed by atoms with van der Waals surface area (Å²) in [5, 5.41) is 0. The zero-order valence-corrected chi connectivity index (χ0v) is 17.3. The van der Waals surface area contributed by atoms with E-state index in [1.807, 2.05) is 10.1 Å². The molecule has 0 aliphatic heterocycles. The van der Waals surface area contributed by atoms with Gasteiger partial charge in [-0.2, -0.15) is 4.57 Å². The van der Waals surface area contributed by atoms with Gasteiger partial charge < -0.3 is 0 Å². The maximum Gasteiger partial charge on any atom is 0.231 e. The van der Waals surface area contributed by atoms with Crippen LogP contribution >= 0.6 is 11.3 Å². The molecule has 0 spiro atoms. The molecule has 0 fully saturated rings. The minimum atomic E-state index is -0.680. The van der Waals surface area contributed by atoms with Crippen LogP contribution in [0.15, 0.2) is 60.1 Å². The normalized spacial score (nSPS) is 13.3. The molecule has 4 aromatic rings. The Labute approximate surface area is 181 Å². The fraction of sp³-hybridized carbons (Fsp3) is 0.160. The number of fused-ring (bicyclic) bond motifs is 1. The van der Waals surface area contributed by atoms with Crippen LogP contribution < -0.4 is 4.57 Å². The lowest BCUT2D eigenvalue weighted by Crippen LogP contribution is -2.35. The van der Waals surface area contributed by atoms with E-state index in [-0.39, 0.29) is 0 Å². The van der Waals surface area contributed by atoms with E-state index in [0.29, 0.717) is 27.9 Å². The first-order chi connectivity index (χ1) is 15.0. The van der Waals surface area contributed by atoms with Gasteiger partial charge in [-0.25, -0.2) is 17.6 Å². The van der Waals surface area contributed by atoms with Gasteiger partial charge >= 0.3 is 0 Å². The molecule has 0 atom stereocenters. The highest BCUT2D eigenvalue weighted by atomic mass is 32.1. The Morgan fingerprint density at radius 1 is 0.677 bits per heavy atom. The van der Waals surface area contributed by atoms with E-state index < -0.39 is 23.3 Å². The highest BCUT2D eigenvalue weighted by molar-refractivity contribution is 7.09. The van der Waals surface area contributed by atoms with Gasteiger partial charge in [0.15, 0.2) is 0 Å². The van der Waals surface area contributed by atoms with Gasteiger partial charge in [0.1, 0.15) is 23.3 Å². The van der Waals surface area contributed by atoms with Gasteiger partial charge in [-0.3, -0.25) is 0 Å². The Morgan fingerprint density at radius 2 is 1.19 bits per heavy atom. The van der Waals surface area contributed by atoms with Crippen molar-refractivity contribution in [3.8, 4) is 27.9 Å². The Bertz CT molecular complexity index is 1180. The van der Waals surface area contributed by atoms with Crippen LogP contribution in [0.1, 0.15) is 23.4 Å². The number of hydrogen-bond acceptors (Lipinski definition) is 1. The van der Waals surface area contributed by atoms with Crippen molar-refractivity contribution in [3.63, 3.8) is 0 Å². The summed E-state index contributed by atoms with van der Waals surface area (Å²) < 4.78 is 58.2. The minimum absolute atomic E-state index is 0.370. The summed E-state index contributed by atoms with van der Waals surface area (Å²) in [4.78, 5) is 1.27. The first kappa shape index (κ1) is 19.9. The zero-order valence-electron chi connectivity index (χ0n) is 16.5. The van der Waals surface area contributed by atoms with E-state index in [9.17, 15) is 17.6 Å². The lowest BCUT2D eigenvalue weighted by Gasteiger charge is -2.13. The molecular formula is C25H18F4NS+. The van der Waals surface area contributed by atoms with Crippen LogP contribution in [-0.2, 0) is 12.8 Å². The largest absolute Gasteiger partial charge is 0.231 e. The molecule has 6 heteroatoms. The van der Waals surface area contributed by atoms with E-state index in [0.717, 1.165) is 43.5 Å². The molecular weight excluding hydrogens is 422 g/mol. The average molecular weight is 440 g/mol. The Hall–Kier alpha value is -2.99. The van der Waals surface area contributed by atoms with Gasteiger partial charge in [0.25, 0.3) is 0 Å². The first-order valence-corrected chi connectivity index (χ1v) is 10.9. The molecule has 0 N–H and O–H groups in total. The van der Waals surface area contributed by atoms with Gasteiger partial charge in [0.2, 0.25) is 16.9 Å². The highest BCUT2D eigenvalue weighted by Crippen LogP contribution is 2.36. The summed E-state index contributed by atoms with van der Waals surface area (Å²) in [6.07, 6.45) is 4.02. The first-order valence-electron chi connectivity index (χ1n) is 10.1. The summed E-state index contributed by atoms with van der Waals surface area (Å²) in [6, 6.07) is 12.1. The van der Waals surface area contributed by atoms with Crippen LogP contribution in [-0.4, -0.2) is 0 Å². The Balaban J connectivity index is 1.83. The molecule has 5 rings (SSSR count). The predicted octanol–water partition coefficient (Wildman–Crippen LogP) is 6.79. The quantitative estimate of drug-likeness (QED) is 0.244. The number of nitrogens with zero attached hydrogens (tertiary/aromatic N) is 1. The molecule has 1 aromatic heterocycles. The predicted molar refractivity (Wildman–Crippen MR) is 113 cm³/mol. The zero-order chi connectivity index (χ0) is 21.5. The molecule has 0 radical (unpaired) electrons. The molecule has 0 saturated heterocycles. The van der Waals surface area contributed by atoms with E-state index in [4.69, 9.17) is 0 Å². The number of aryl methyl sites for hydroxylation is 1. The lowest BCUT2D eigenvalue weighted by molar-refractivity contribution is -0.598. The van der Waals surface area contributed by atoms with Crippen LogP contribution in [0.25, 0.3) is 27.9 Å². The maximum atomic E-state index is 14.0. The molecule has 1 heterocycles. The summed E-state index contributed by atoms with van der Waals surface area (Å²) in [7, 11) is 0. The standard InChI is InChI=1S/C25H18F4NS/c26-17-8-15(9-18(27)12-17)21-4-3-5-22(16-10-19(28)13-20(29)11-16)25(21)30-14-31-24-7-2-1-6-23(24)30/h3-5,8-14H,1-2,6-7H2/q+1. The molecule has 0 unspecified atom stereocenters. The monoisotopic (exact) mass is 440 g/mol. The molecule has 1 aliphatic carbocycles. The third kappa shape index (κ3) is 3.76. The van der Waals surface area contributed by atoms with Gasteiger partial charge in [0.05, 0.1) is 16.0 Å². The Morgan fingerprint density at radius 3 is 1.74 bits per heavy atom. The minimum Gasteiger partial charge on any atom is -0.207 e. The van der Waals surface area contributed by atoms with Crippen LogP contribution in [0.2, 0.25) is 0 Å². The van der Waals surface area contributed by atoms with Crippen molar-refractivity contribution in [2.45, 2.75) is 25.7 Å². The van der Waals surface area contributed by atoms with Crippen molar-refractivity contribution in [1.82, 2.24) is 0 Å². The summed E-state index contributed by atoms with van der Waals surface area (Å²) in [5.41, 5.74) is 5.71. The molecule has 31 heavy (non-hydrogen) atoms. The summed E-state index contributed by atoms with van der Waals surface area (Å²) in [6.45, 7) is 0. The third-order valence-corrected chi connectivity index (χ3v) is 6.64. The van der Waals surface area contributed by atoms with Crippen LogP contribution in [0.5, 0.6) is 0 Å². The van der Waals surface area contributed by atoms with Gasteiger partial charge in [-0.05, 0) is 66.8 Å². The number of aromatic nitrogens is 1. The number of para-hydroxylation sites is 1. The lowest BCUT2D eigenvalue weighted by atomic mass is 9.94. The van der Waals surface area contributed by atoms with Crippen LogP contribution in [0, 0.1) is 23.3 Å². The number of halogens is 4. The van der Waals surface area contributed by atoms with E-state index >= 15 is 0 Å². The summed E-state index contributed by atoms with van der Waals surface area (Å²) >= 11 is 1.63. The molecule has 0 saturated carbocycles. The maximum absolute atomic E-state index is 14.0. The van der Waals surface area contributed by atoms with Gasteiger partial charge in [0, 0.05) is 18.6 Å². The second kappa shape index (κ2) is 7.93. The fourth-order valence-electron chi connectivity index (χ4n) is 4.30. The molecule has 0 bridgehead atoms. The van der Waals surface area contributed by atoms with E-state index in [2.05, 4.69) is 0 Å². The third-order valence-electron chi connectivity index (χ3n) is 5.60. The van der Waals surface area contributed by atoms with Gasteiger partial charge in [-0.1, -0.05) is 17.4 Å². The van der Waals surface area contributed by atoms with Crippen molar-refractivity contribution in [3.05, 3.63) is 93.9 Å². The fourth-order valence-corrected chi connectivity index (χ4v) is 5.36. The Kier molecular flexibility index (Phi) is 5.10. The molecule has 3 aromatic carbocycles. The highest BCUT2D eigenvalue weighted by Gasteiger charge is 2.29. The van der Waals surface area contributed by atoms with Crippen LogP contribution in [0.4, 0.5) is 17.6 Å². The van der Waals surface area contributed by atoms with E-state index in [1.54, 1.807) is 29.5 Å². The second-order valence-electron chi connectivity index (χ2n) is 7.69. The second-order valence-corrected chi connectivity index (χ2v) is 8.63. The number of rotatable bonds is 3. The topological polar surface area (TPSA) is 3.88 Å². The molecule has 1 aliphatic rings. The van der Waals surface area contributed by atoms with Crippen molar-refractivity contribution in [2.24, 2.45) is 0 Å². The van der Waals surface area contributed by atoms with Crippen molar-refractivity contribution < 1.29 is 22.1 Å². The molecule has 1 nitrogen and oxygen atoms in total. The van der Waals surface area contributed by atoms with Crippen molar-refractivity contribution in [1.29, 1.82) is 0 Å². The number of thiazole rings is 1. The van der Waals surface area contributed by atoms with Gasteiger partial charge in [-0.15, -0.1) is 0 Å². The van der Waals surface area contributed by atoms with Crippen molar-refractivity contribution in [2.75, 3.05) is 0 Å². The van der Waals surface area contributed by atoms with Crippen LogP contribution in [0.3, 0.4) is 0 Å². The summed E-state index contributed by atoms with van der Waals surface area (Å²) in [5.74, 6) is -2.72. The number of hydrogen-bond donors (Lipinski definition) is 0. The molecule has 0 amide bonds. The van der Waals surface area contributed by atoms with E-state index in [1.165, 1.54) is 29.1 Å². The molecule has 156 valence electrons. The SMILES string of the molecule is Fc1cc(F)cc(-c2cccc(-c3cc(F)cc(F)c3)c2-[n+]2csc3c2CCCC3)c1. The van der Waals surface area contributed by atoms with Crippen molar-refractivity contribution >= 4 is 11.3 Å². The average Bonchev–Trinajstić information content (AvgIpc) is 3.15. The smallest absolute Gasteiger partial charge is 0.207 e. The number of benzene rings is 3.